The van der Waals surface area contributed by atoms with E-state index in [0.717, 1.165) is 17.7 Å². The summed E-state index contributed by atoms with van der Waals surface area (Å²) in [6.07, 6.45) is -4.20. The van der Waals surface area contributed by atoms with Gasteiger partial charge in [0, 0.05) is 24.1 Å². The molecule has 0 aliphatic rings. The van der Waals surface area contributed by atoms with Crippen molar-refractivity contribution in [1.82, 2.24) is 9.99 Å². The van der Waals surface area contributed by atoms with Crippen LogP contribution in [-0.2, 0) is 11.0 Å². The summed E-state index contributed by atoms with van der Waals surface area (Å²) in [6, 6.07) is 10.2. The molecular formula is C24H28F3N3O3. The summed E-state index contributed by atoms with van der Waals surface area (Å²) in [5.41, 5.74) is 3.46. The third kappa shape index (κ3) is 5.92. The van der Waals surface area contributed by atoms with Gasteiger partial charge in [0.15, 0.2) is 0 Å². The summed E-state index contributed by atoms with van der Waals surface area (Å²) in [5.74, 6) is -0.708. The lowest BCUT2D eigenvalue weighted by atomic mass is 10.1. The summed E-state index contributed by atoms with van der Waals surface area (Å²) in [5, 5.41) is 24.1. The van der Waals surface area contributed by atoms with Crippen LogP contribution in [0.25, 0.3) is 16.6 Å². The summed E-state index contributed by atoms with van der Waals surface area (Å²) in [4.78, 5) is 11.8. The van der Waals surface area contributed by atoms with Crippen molar-refractivity contribution < 1.29 is 28.2 Å². The highest BCUT2D eigenvalue weighted by molar-refractivity contribution is 6.13. The lowest BCUT2D eigenvalue weighted by Crippen LogP contribution is -2.19. The molecule has 2 aromatic carbocycles. The molecule has 0 spiro atoms. The van der Waals surface area contributed by atoms with Crippen molar-refractivity contribution in [2.45, 2.75) is 46.7 Å². The first-order valence-electron chi connectivity index (χ1n) is 10.6. The van der Waals surface area contributed by atoms with Crippen LogP contribution in [0.15, 0.2) is 47.6 Å². The minimum absolute atomic E-state index is 0.0687. The molecule has 0 unspecified atom stereocenters. The van der Waals surface area contributed by atoms with Gasteiger partial charge in [-0.15, -0.1) is 0 Å². The molecule has 3 aromatic rings. The molecule has 1 heterocycles. The van der Waals surface area contributed by atoms with E-state index < -0.39 is 17.6 Å². The average Bonchev–Trinajstić information content (AvgIpc) is 3.07. The summed E-state index contributed by atoms with van der Waals surface area (Å²) in [7, 11) is 0. The van der Waals surface area contributed by atoms with Crippen molar-refractivity contribution in [1.29, 1.82) is 0 Å². The number of alkyl halides is 3. The topological polar surface area (TPSA) is 86.8 Å². The Bertz CT molecular complexity index is 1150. The molecule has 1 amide bonds. The van der Waals surface area contributed by atoms with Crippen LogP contribution in [-0.4, -0.2) is 33.0 Å². The number of carbonyl (C=O) groups excluding carboxylic acids is 1. The average molecular weight is 464 g/mol. The van der Waals surface area contributed by atoms with E-state index in [1.54, 1.807) is 25.1 Å². The number of hydrogen-bond donors (Lipinski definition) is 3. The van der Waals surface area contributed by atoms with Gasteiger partial charge in [0.2, 0.25) is 11.8 Å². The van der Waals surface area contributed by atoms with Gasteiger partial charge in [-0.1, -0.05) is 32.0 Å². The van der Waals surface area contributed by atoms with E-state index in [9.17, 15) is 23.1 Å². The molecule has 178 valence electrons. The lowest BCUT2D eigenvalue weighted by molar-refractivity contribution is -0.137. The second-order valence-electron chi connectivity index (χ2n) is 7.16. The SMILES string of the molecule is C/C(=N\NC(=O)CCCO)c1c(O)n(-c2cccc(C)c2)c2cc(C(F)(F)F)ccc12.CC. The smallest absolute Gasteiger partial charge is 0.416 e. The highest BCUT2D eigenvalue weighted by Crippen LogP contribution is 2.38. The van der Waals surface area contributed by atoms with Gasteiger partial charge in [-0.05, 0) is 50.1 Å². The monoisotopic (exact) mass is 463 g/mol. The number of aromatic nitrogens is 1. The molecule has 0 saturated carbocycles. The van der Waals surface area contributed by atoms with Crippen molar-refractivity contribution in [2.24, 2.45) is 5.10 Å². The third-order valence-electron chi connectivity index (χ3n) is 4.80. The van der Waals surface area contributed by atoms with Crippen LogP contribution in [0.5, 0.6) is 5.88 Å². The first kappa shape index (κ1) is 25.9. The summed E-state index contributed by atoms with van der Waals surface area (Å²) in [6.45, 7) is 7.24. The van der Waals surface area contributed by atoms with E-state index in [4.69, 9.17) is 5.11 Å². The molecule has 0 saturated heterocycles. The van der Waals surface area contributed by atoms with Gasteiger partial charge in [-0.2, -0.15) is 18.3 Å². The van der Waals surface area contributed by atoms with Crippen molar-refractivity contribution in [3.8, 4) is 11.6 Å². The van der Waals surface area contributed by atoms with Crippen LogP contribution in [0.3, 0.4) is 0 Å². The maximum Gasteiger partial charge on any atom is 0.416 e. The molecule has 3 N–H and O–H groups in total. The number of aliphatic hydroxyl groups is 1. The fraction of sp³-hybridized carbons (Fsp3) is 0.333. The second kappa shape index (κ2) is 11.0. The van der Waals surface area contributed by atoms with Crippen molar-refractivity contribution in [3.63, 3.8) is 0 Å². The zero-order valence-corrected chi connectivity index (χ0v) is 19.0. The van der Waals surface area contributed by atoms with Gasteiger partial charge in [-0.3, -0.25) is 9.36 Å². The first-order valence-corrected chi connectivity index (χ1v) is 10.6. The number of nitrogens with one attached hydrogen (secondary N) is 1. The Hall–Kier alpha value is -3.33. The number of nitrogens with zero attached hydrogens (tertiary/aromatic N) is 2. The fourth-order valence-electron chi connectivity index (χ4n) is 3.33. The van der Waals surface area contributed by atoms with Gasteiger partial charge < -0.3 is 10.2 Å². The number of carbonyl (C=O) groups is 1. The van der Waals surface area contributed by atoms with E-state index >= 15 is 0 Å². The Kier molecular flexibility index (Phi) is 8.64. The molecular weight excluding hydrogens is 435 g/mol. The van der Waals surface area contributed by atoms with Gasteiger partial charge in [0.25, 0.3) is 0 Å². The maximum atomic E-state index is 13.3. The fourth-order valence-corrected chi connectivity index (χ4v) is 3.33. The lowest BCUT2D eigenvalue weighted by Gasteiger charge is -2.10. The summed E-state index contributed by atoms with van der Waals surface area (Å²) < 4.78 is 41.3. The Morgan fingerprint density at radius 1 is 1.15 bits per heavy atom. The number of aromatic hydroxyl groups is 1. The quantitative estimate of drug-likeness (QED) is 0.342. The van der Waals surface area contributed by atoms with Crippen molar-refractivity contribution >= 4 is 22.5 Å². The normalized spacial score (nSPS) is 11.8. The Morgan fingerprint density at radius 3 is 2.45 bits per heavy atom. The van der Waals surface area contributed by atoms with Gasteiger partial charge in [0.05, 0.1) is 22.4 Å². The van der Waals surface area contributed by atoms with E-state index in [-0.39, 0.29) is 42.1 Å². The number of aryl methyl sites for hydroxylation is 1. The molecule has 6 nitrogen and oxygen atoms in total. The van der Waals surface area contributed by atoms with E-state index in [0.29, 0.717) is 11.1 Å². The number of hydrazone groups is 1. The van der Waals surface area contributed by atoms with E-state index in [2.05, 4.69) is 10.5 Å². The predicted molar refractivity (Wildman–Crippen MR) is 123 cm³/mol. The van der Waals surface area contributed by atoms with Crippen LogP contribution >= 0.6 is 0 Å². The molecule has 9 heteroatoms. The maximum absolute atomic E-state index is 13.3. The number of halogens is 3. The molecule has 0 bridgehead atoms. The molecule has 0 aliphatic heterocycles. The second-order valence-corrected chi connectivity index (χ2v) is 7.16. The minimum Gasteiger partial charge on any atom is -0.494 e. The van der Waals surface area contributed by atoms with Gasteiger partial charge >= 0.3 is 6.18 Å². The first-order chi connectivity index (χ1) is 15.6. The molecule has 0 atom stereocenters. The van der Waals surface area contributed by atoms with E-state index in [1.165, 1.54) is 10.6 Å². The molecule has 1 aromatic heterocycles. The molecule has 0 radical (unpaired) electrons. The molecule has 33 heavy (non-hydrogen) atoms. The van der Waals surface area contributed by atoms with Crippen molar-refractivity contribution in [3.05, 3.63) is 59.2 Å². The zero-order valence-electron chi connectivity index (χ0n) is 19.0. The van der Waals surface area contributed by atoms with Gasteiger partial charge in [-0.25, -0.2) is 5.43 Å². The molecule has 0 fully saturated rings. The van der Waals surface area contributed by atoms with Crippen LogP contribution in [0.1, 0.15) is 50.3 Å². The number of fused-ring (bicyclic) bond motifs is 1. The number of benzene rings is 2. The minimum atomic E-state index is -4.55. The van der Waals surface area contributed by atoms with Gasteiger partial charge in [0.1, 0.15) is 0 Å². The number of hydrogen-bond acceptors (Lipinski definition) is 4. The van der Waals surface area contributed by atoms with Crippen LogP contribution < -0.4 is 5.43 Å². The highest BCUT2D eigenvalue weighted by Gasteiger charge is 2.32. The number of aliphatic hydroxyl groups excluding tert-OH is 1. The van der Waals surface area contributed by atoms with Crippen molar-refractivity contribution in [2.75, 3.05) is 6.61 Å². The Labute approximate surface area is 190 Å². The molecule has 3 rings (SSSR count). The number of amides is 1. The standard InChI is InChI=1S/C22H22F3N3O3.C2H6/c1-13-5-3-6-16(11-13)28-18-12-15(22(23,24)25)8-9-17(18)20(21(28)31)14(2)26-27-19(30)7-4-10-29;1-2/h3,5-6,8-9,11-12,29,31H,4,7,10H2,1-2H3,(H,27,30);1-2H3/b26-14+;. The highest BCUT2D eigenvalue weighted by atomic mass is 19.4. The predicted octanol–water partition coefficient (Wildman–Crippen LogP) is 5.30. The largest absolute Gasteiger partial charge is 0.494 e. The number of rotatable bonds is 6. The van der Waals surface area contributed by atoms with E-state index in [1.807, 2.05) is 26.8 Å². The third-order valence-corrected chi connectivity index (χ3v) is 4.80. The molecule has 0 aliphatic carbocycles. The summed E-state index contributed by atoms with van der Waals surface area (Å²) >= 11 is 0. The van der Waals surface area contributed by atoms with Crippen LogP contribution in [0, 0.1) is 6.92 Å². The van der Waals surface area contributed by atoms with Crippen LogP contribution in [0.4, 0.5) is 13.2 Å². The Morgan fingerprint density at radius 2 is 1.85 bits per heavy atom. The zero-order chi connectivity index (χ0) is 24.8. The Balaban J connectivity index is 0.00000187. The van der Waals surface area contributed by atoms with Crippen LogP contribution in [0.2, 0.25) is 0 Å².